The van der Waals surface area contributed by atoms with Gasteiger partial charge in [-0.25, -0.2) is 9.97 Å². The van der Waals surface area contributed by atoms with Gasteiger partial charge in [-0.15, -0.1) is 11.3 Å². The minimum atomic E-state index is -4.28. The van der Waals surface area contributed by atoms with Gasteiger partial charge in [0.25, 0.3) is 0 Å². The number of rotatable bonds is 6. The number of halogens is 3. The van der Waals surface area contributed by atoms with Crippen LogP contribution in [0.5, 0.6) is 0 Å². The zero-order valence-corrected chi connectivity index (χ0v) is 20.4. The smallest absolute Gasteiger partial charge is 0.376 e. The van der Waals surface area contributed by atoms with Gasteiger partial charge in [0.1, 0.15) is 17.0 Å². The minimum absolute atomic E-state index is 0.235. The van der Waals surface area contributed by atoms with Gasteiger partial charge in [-0.05, 0) is 37.0 Å². The molecular formula is C24H25F3N6OS. The minimum Gasteiger partial charge on any atom is -0.376 e. The quantitative estimate of drug-likeness (QED) is 0.560. The molecule has 3 heterocycles. The van der Waals surface area contributed by atoms with Gasteiger partial charge >= 0.3 is 6.18 Å². The summed E-state index contributed by atoms with van der Waals surface area (Å²) in [6, 6.07) is 4.08. The van der Waals surface area contributed by atoms with Crippen molar-refractivity contribution in [3.05, 3.63) is 39.5 Å². The number of benzene rings is 1. The molecule has 35 heavy (non-hydrogen) atoms. The fourth-order valence-corrected chi connectivity index (χ4v) is 5.88. The van der Waals surface area contributed by atoms with E-state index in [1.54, 1.807) is 0 Å². The molecule has 0 saturated carbocycles. The van der Waals surface area contributed by atoms with Crippen molar-refractivity contribution in [3.63, 3.8) is 0 Å². The van der Waals surface area contributed by atoms with E-state index in [4.69, 9.17) is 0 Å². The molecule has 184 valence electrons. The molecule has 1 amide bonds. The Hall–Kier alpha value is -3.21. The van der Waals surface area contributed by atoms with E-state index < -0.39 is 12.6 Å². The second kappa shape index (κ2) is 8.78. The Labute approximate surface area is 204 Å². The maximum Gasteiger partial charge on any atom is 0.390 e. The molecule has 0 fully saturated rings. The van der Waals surface area contributed by atoms with Crippen LogP contribution in [0.4, 0.5) is 30.4 Å². The van der Waals surface area contributed by atoms with Crippen LogP contribution in [-0.2, 0) is 17.6 Å². The van der Waals surface area contributed by atoms with Crippen LogP contribution in [0, 0.1) is 5.92 Å². The summed E-state index contributed by atoms with van der Waals surface area (Å²) in [6.45, 7) is -0.322. The van der Waals surface area contributed by atoms with Gasteiger partial charge < -0.3 is 15.1 Å². The van der Waals surface area contributed by atoms with Crippen LogP contribution in [0.2, 0.25) is 0 Å². The Morgan fingerprint density at radius 2 is 2.03 bits per heavy atom. The van der Waals surface area contributed by atoms with E-state index in [0.717, 1.165) is 42.6 Å². The van der Waals surface area contributed by atoms with E-state index in [9.17, 15) is 18.0 Å². The second-order valence-corrected chi connectivity index (χ2v) is 10.3. The summed E-state index contributed by atoms with van der Waals surface area (Å²) < 4.78 is 37.7. The third kappa shape index (κ3) is 4.56. The molecule has 1 aromatic carbocycles. The van der Waals surface area contributed by atoms with Crippen molar-refractivity contribution in [1.29, 1.82) is 0 Å². The van der Waals surface area contributed by atoms with Crippen LogP contribution in [0.25, 0.3) is 16.4 Å². The molecular weight excluding hydrogens is 477 g/mol. The monoisotopic (exact) mass is 502 g/mol. The molecule has 1 atom stereocenters. The molecule has 0 saturated heterocycles. The van der Waals surface area contributed by atoms with Gasteiger partial charge in [-0.2, -0.15) is 13.2 Å². The van der Waals surface area contributed by atoms with Gasteiger partial charge in [-0.3, -0.25) is 9.79 Å². The molecule has 1 aliphatic carbocycles. The van der Waals surface area contributed by atoms with Crippen LogP contribution < -0.4 is 20.8 Å². The number of nitrogens with one attached hydrogen (secondary N) is 1. The number of fused-ring (bicyclic) bond motifs is 4. The first-order valence-corrected chi connectivity index (χ1v) is 12.2. The maximum atomic E-state index is 12.8. The normalized spacial score (nSPS) is 16.5. The number of nitrogens with zero attached hydrogens (tertiary/aromatic N) is 5. The third-order valence-corrected chi connectivity index (χ3v) is 7.69. The van der Waals surface area contributed by atoms with Crippen LogP contribution in [0.15, 0.2) is 23.5 Å². The highest BCUT2D eigenvalue weighted by Crippen LogP contribution is 2.41. The lowest BCUT2D eigenvalue weighted by Gasteiger charge is -2.27. The van der Waals surface area contributed by atoms with E-state index in [0.29, 0.717) is 25.1 Å². The summed E-state index contributed by atoms with van der Waals surface area (Å²) in [7, 11) is 5.39. The van der Waals surface area contributed by atoms with E-state index >= 15 is 0 Å². The number of carbonyl (C=O) groups is 1. The Bertz CT molecular complexity index is 1430. The number of anilines is 3. The summed E-state index contributed by atoms with van der Waals surface area (Å²) in [5.74, 6) is 0.144. The number of hydrogen-bond donors (Lipinski definition) is 1. The lowest BCUT2D eigenvalue weighted by Crippen LogP contribution is -2.37. The van der Waals surface area contributed by atoms with Gasteiger partial charge in [0.05, 0.1) is 28.5 Å². The highest BCUT2D eigenvalue weighted by molar-refractivity contribution is 7.19. The average Bonchev–Trinajstić information content (AvgIpc) is 3.16. The zero-order valence-electron chi connectivity index (χ0n) is 19.6. The lowest BCUT2D eigenvalue weighted by molar-refractivity contribution is -0.146. The first kappa shape index (κ1) is 23.5. The van der Waals surface area contributed by atoms with Crippen molar-refractivity contribution >= 4 is 50.9 Å². The standard InChI is InChI=1S/C24H25F3N6OS/c1-32(2)18-10-16-14(11-28-16)8-17(18)31-21-20-15-5-4-13(9-19(15)35-22(20)30-12-29-21)23(34)33(3)7-6-24(25,26)27/h8,10-13H,4-7,9H2,1-3H3,(H,29,30,31). The number of amides is 1. The van der Waals surface area contributed by atoms with Gasteiger partial charge in [0.2, 0.25) is 5.91 Å². The molecule has 2 aliphatic rings. The number of alkyl halides is 3. The summed E-state index contributed by atoms with van der Waals surface area (Å²) in [5, 5.41) is 6.45. The van der Waals surface area contributed by atoms with Crippen LogP contribution in [0.1, 0.15) is 23.3 Å². The van der Waals surface area contributed by atoms with E-state index in [-0.39, 0.29) is 18.4 Å². The summed E-state index contributed by atoms with van der Waals surface area (Å²) in [4.78, 5) is 31.2. The molecule has 11 heteroatoms. The molecule has 0 bridgehead atoms. The number of carbonyl (C=O) groups excluding carboxylic acids is 1. The van der Waals surface area contributed by atoms with Crippen molar-refractivity contribution < 1.29 is 18.0 Å². The van der Waals surface area contributed by atoms with Gasteiger partial charge in [-0.1, -0.05) is 0 Å². The largest absolute Gasteiger partial charge is 0.390 e. The van der Waals surface area contributed by atoms with Crippen molar-refractivity contribution in [2.75, 3.05) is 37.9 Å². The molecule has 0 spiro atoms. The summed E-state index contributed by atoms with van der Waals surface area (Å²) >= 11 is 1.53. The van der Waals surface area contributed by atoms with E-state index in [2.05, 4.69) is 26.3 Å². The van der Waals surface area contributed by atoms with Crippen molar-refractivity contribution in [2.24, 2.45) is 10.9 Å². The zero-order chi connectivity index (χ0) is 24.9. The molecule has 0 radical (unpaired) electrons. The molecule has 3 aromatic rings. The Morgan fingerprint density at radius 1 is 1.23 bits per heavy atom. The highest BCUT2D eigenvalue weighted by atomic mass is 32.1. The SMILES string of the molecule is CN(CCC(F)(F)F)C(=O)C1CCc2c(sc3ncnc(Nc4cc5c(cc4N(C)C)=NC=5)c23)C1. The lowest BCUT2D eigenvalue weighted by atomic mass is 9.87. The molecule has 1 unspecified atom stereocenters. The predicted molar refractivity (Wildman–Crippen MR) is 131 cm³/mol. The van der Waals surface area contributed by atoms with Crippen molar-refractivity contribution in [2.45, 2.75) is 31.9 Å². The van der Waals surface area contributed by atoms with Crippen LogP contribution in [-0.4, -0.2) is 54.6 Å². The van der Waals surface area contributed by atoms with Crippen molar-refractivity contribution in [1.82, 2.24) is 14.9 Å². The fourth-order valence-electron chi connectivity index (χ4n) is 4.61. The van der Waals surface area contributed by atoms with Gasteiger partial charge in [0, 0.05) is 49.9 Å². The first-order valence-electron chi connectivity index (χ1n) is 11.3. The Kier molecular flexibility index (Phi) is 5.90. The molecule has 7 nitrogen and oxygen atoms in total. The molecule has 1 N–H and O–H groups in total. The fraction of sp³-hybridized carbons (Fsp3) is 0.417. The summed E-state index contributed by atoms with van der Waals surface area (Å²) in [5.41, 5.74) is 3.02. The third-order valence-electron chi connectivity index (χ3n) is 6.52. The summed E-state index contributed by atoms with van der Waals surface area (Å²) in [6.07, 6.45) is -0.184. The topological polar surface area (TPSA) is 73.7 Å². The number of aromatic nitrogens is 2. The van der Waals surface area contributed by atoms with Crippen molar-refractivity contribution in [3.8, 4) is 0 Å². The van der Waals surface area contributed by atoms with E-state index in [1.165, 1.54) is 29.6 Å². The second-order valence-electron chi connectivity index (χ2n) is 9.18. The highest BCUT2D eigenvalue weighted by Gasteiger charge is 2.33. The maximum absolute atomic E-state index is 12.8. The molecule has 2 aromatic heterocycles. The Balaban J connectivity index is 1.41. The van der Waals surface area contributed by atoms with Crippen LogP contribution >= 0.6 is 11.3 Å². The number of aryl methyl sites for hydroxylation is 1. The first-order chi connectivity index (χ1) is 16.6. The molecule has 1 aliphatic heterocycles. The average molecular weight is 503 g/mol. The molecule has 5 rings (SSSR count). The van der Waals surface area contributed by atoms with Crippen LogP contribution in [0.3, 0.4) is 0 Å². The predicted octanol–water partition coefficient (Wildman–Crippen LogP) is 3.39. The van der Waals surface area contributed by atoms with E-state index in [1.807, 2.05) is 31.3 Å². The Morgan fingerprint density at radius 3 is 2.71 bits per heavy atom. The number of thiophene rings is 1. The number of hydrogen-bond acceptors (Lipinski definition) is 7. The van der Waals surface area contributed by atoms with Gasteiger partial charge in [0.15, 0.2) is 0 Å².